The molecule has 0 unspecified atom stereocenters. The van der Waals surface area contributed by atoms with Crippen LogP contribution in [0.4, 0.5) is 4.39 Å². The molecule has 0 saturated heterocycles. The second-order valence-electron chi connectivity index (χ2n) is 6.51. The molecule has 0 aliphatic heterocycles. The fourth-order valence-corrected chi connectivity index (χ4v) is 4.09. The predicted molar refractivity (Wildman–Crippen MR) is 89.7 cm³/mol. The van der Waals surface area contributed by atoms with Gasteiger partial charge in [-0.1, -0.05) is 24.6 Å². The highest BCUT2D eigenvalue weighted by atomic mass is 19.1. The van der Waals surface area contributed by atoms with Crippen LogP contribution in [0.2, 0.25) is 0 Å². The molecule has 2 aliphatic rings. The first-order valence-electron chi connectivity index (χ1n) is 8.27. The van der Waals surface area contributed by atoms with Gasteiger partial charge in [0.15, 0.2) is 5.41 Å². The molecule has 25 heavy (non-hydrogen) atoms. The van der Waals surface area contributed by atoms with Crippen molar-refractivity contribution in [1.82, 2.24) is 0 Å². The van der Waals surface area contributed by atoms with Gasteiger partial charge in [-0.15, -0.1) is 0 Å². The van der Waals surface area contributed by atoms with Crippen molar-refractivity contribution in [1.29, 1.82) is 15.8 Å². The van der Waals surface area contributed by atoms with Gasteiger partial charge in [-0.25, -0.2) is 4.39 Å². The Balaban J connectivity index is 2.31. The third-order valence-electron chi connectivity index (χ3n) is 5.28. The Bertz CT molecular complexity index is 860. The van der Waals surface area contributed by atoms with Crippen molar-refractivity contribution < 1.29 is 4.39 Å². The molecule has 5 heteroatoms. The first-order chi connectivity index (χ1) is 12.1. The Morgan fingerprint density at radius 1 is 1.08 bits per heavy atom. The van der Waals surface area contributed by atoms with Crippen LogP contribution in [0.15, 0.2) is 47.2 Å². The van der Waals surface area contributed by atoms with Crippen LogP contribution in [0.1, 0.15) is 37.2 Å². The summed E-state index contributed by atoms with van der Waals surface area (Å²) >= 11 is 0. The summed E-state index contributed by atoms with van der Waals surface area (Å²) in [5, 5.41) is 29.4. The molecule has 0 heterocycles. The maximum absolute atomic E-state index is 13.4. The van der Waals surface area contributed by atoms with Crippen molar-refractivity contribution in [2.24, 2.45) is 17.1 Å². The van der Waals surface area contributed by atoms with E-state index in [2.05, 4.69) is 18.2 Å². The lowest BCUT2D eigenvalue weighted by Gasteiger charge is -2.41. The standard InChI is InChI=1S/C20H17FN4/c21-14-8-6-13(7-9-14)18-16-5-3-1-2-4-15(16)17(10-22)19(25)20(18,11-23)12-24/h4,6-9,16,18H,1-3,5,25H2/t16-,18+/m0/s1. The van der Waals surface area contributed by atoms with Crippen molar-refractivity contribution >= 4 is 0 Å². The third-order valence-corrected chi connectivity index (χ3v) is 5.28. The van der Waals surface area contributed by atoms with Gasteiger partial charge in [0.25, 0.3) is 0 Å². The van der Waals surface area contributed by atoms with E-state index in [1.54, 1.807) is 12.1 Å². The first kappa shape index (κ1) is 16.7. The molecular weight excluding hydrogens is 315 g/mol. The summed E-state index contributed by atoms with van der Waals surface area (Å²) in [6, 6.07) is 12.1. The summed E-state index contributed by atoms with van der Waals surface area (Å²) in [6.07, 6.45) is 5.54. The molecular formula is C20H17FN4. The number of nitriles is 3. The zero-order valence-electron chi connectivity index (χ0n) is 13.7. The number of benzene rings is 1. The van der Waals surface area contributed by atoms with Crippen LogP contribution in [0.25, 0.3) is 0 Å². The van der Waals surface area contributed by atoms with Crippen LogP contribution >= 0.6 is 0 Å². The van der Waals surface area contributed by atoms with Crippen LogP contribution in [0.3, 0.4) is 0 Å². The van der Waals surface area contributed by atoms with E-state index in [1.165, 1.54) is 12.1 Å². The quantitative estimate of drug-likeness (QED) is 0.845. The molecule has 2 N–H and O–H groups in total. The fourth-order valence-electron chi connectivity index (χ4n) is 4.09. The normalized spacial score (nSPS) is 24.8. The largest absolute Gasteiger partial charge is 0.399 e. The molecule has 124 valence electrons. The Hall–Kier alpha value is -3.10. The number of fused-ring (bicyclic) bond motifs is 1. The van der Waals surface area contributed by atoms with Gasteiger partial charge < -0.3 is 5.73 Å². The number of nitrogens with zero attached hydrogens (tertiary/aromatic N) is 3. The average molecular weight is 332 g/mol. The number of halogens is 1. The predicted octanol–water partition coefficient (Wildman–Crippen LogP) is 3.81. The molecule has 0 amide bonds. The first-order valence-corrected chi connectivity index (χ1v) is 8.27. The van der Waals surface area contributed by atoms with Gasteiger partial charge in [0, 0.05) is 5.92 Å². The van der Waals surface area contributed by atoms with Crippen LogP contribution in [-0.4, -0.2) is 0 Å². The van der Waals surface area contributed by atoms with E-state index in [9.17, 15) is 20.2 Å². The molecule has 2 atom stereocenters. The smallest absolute Gasteiger partial charge is 0.191 e. The monoisotopic (exact) mass is 332 g/mol. The third kappa shape index (κ3) is 2.48. The van der Waals surface area contributed by atoms with Gasteiger partial charge in [0.2, 0.25) is 0 Å². The molecule has 0 bridgehead atoms. The molecule has 1 aromatic rings. The number of hydrogen-bond donors (Lipinski definition) is 1. The Morgan fingerprint density at radius 3 is 2.36 bits per heavy atom. The molecule has 4 nitrogen and oxygen atoms in total. The van der Waals surface area contributed by atoms with Crippen molar-refractivity contribution in [3.63, 3.8) is 0 Å². The van der Waals surface area contributed by atoms with E-state index in [4.69, 9.17) is 5.73 Å². The summed E-state index contributed by atoms with van der Waals surface area (Å²) in [4.78, 5) is 0. The second-order valence-corrected chi connectivity index (χ2v) is 6.51. The lowest BCUT2D eigenvalue weighted by molar-refractivity contribution is 0.328. The fraction of sp³-hybridized carbons (Fsp3) is 0.350. The molecule has 3 rings (SSSR count). The van der Waals surface area contributed by atoms with E-state index in [1.807, 2.05) is 6.08 Å². The molecule has 0 saturated carbocycles. The van der Waals surface area contributed by atoms with E-state index >= 15 is 0 Å². The minimum absolute atomic E-state index is 0.0127. The minimum atomic E-state index is -1.63. The summed E-state index contributed by atoms with van der Waals surface area (Å²) < 4.78 is 13.4. The van der Waals surface area contributed by atoms with Gasteiger partial charge >= 0.3 is 0 Å². The maximum Gasteiger partial charge on any atom is 0.191 e. The van der Waals surface area contributed by atoms with Crippen molar-refractivity contribution in [3.8, 4) is 18.2 Å². The van der Waals surface area contributed by atoms with Crippen LogP contribution in [-0.2, 0) is 0 Å². The SMILES string of the molecule is N#CC1=C(N)C(C#N)(C#N)[C@H](c2ccc(F)cc2)[C@H]2CCCCC=C12. The molecule has 0 spiro atoms. The van der Waals surface area contributed by atoms with Gasteiger partial charge in [-0.05, 0) is 48.4 Å². The summed E-state index contributed by atoms with van der Waals surface area (Å²) in [7, 11) is 0. The van der Waals surface area contributed by atoms with E-state index in [0.717, 1.165) is 31.3 Å². The number of nitrogens with two attached hydrogens (primary N) is 1. The van der Waals surface area contributed by atoms with Crippen molar-refractivity contribution in [2.45, 2.75) is 31.6 Å². The minimum Gasteiger partial charge on any atom is -0.399 e. The van der Waals surface area contributed by atoms with Crippen LogP contribution in [0, 0.1) is 51.1 Å². The molecule has 0 aromatic heterocycles. The summed E-state index contributed by atoms with van der Waals surface area (Å²) in [6.45, 7) is 0. The van der Waals surface area contributed by atoms with Gasteiger partial charge in [-0.2, -0.15) is 15.8 Å². The lowest BCUT2D eigenvalue weighted by Crippen LogP contribution is -2.42. The van der Waals surface area contributed by atoms with E-state index in [-0.39, 0.29) is 23.0 Å². The van der Waals surface area contributed by atoms with Gasteiger partial charge in [0.1, 0.15) is 11.9 Å². The summed E-state index contributed by atoms with van der Waals surface area (Å²) in [5.41, 5.74) is 6.37. The van der Waals surface area contributed by atoms with E-state index < -0.39 is 11.3 Å². The molecule has 2 aliphatic carbocycles. The van der Waals surface area contributed by atoms with Crippen LogP contribution in [0.5, 0.6) is 0 Å². The number of hydrogen-bond acceptors (Lipinski definition) is 4. The van der Waals surface area contributed by atoms with Crippen molar-refractivity contribution in [3.05, 3.63) is 58.6 Å². The molecule has 1 aromatic carbocycles. The van der Waals surface area contributed by atoms with Gasteiger partial charge in [-0.3, -0.25) is 0 Å². The highest BCUT2D eigenvalue weighted by Gasteiger charge is 2.53. The van der Waals surface area contributed by atoms with Crippen molar-refractivity contribution in [2.75, 3.05) is 0 Å². The highest BCUT2D eigenvalue weighted by Crippen LogP contribution is 2.55. The lowest BCUT2D eigenvalue weighted by atomic mass is 9.58. The van der Waals surface area contributed by atoms with Gasteiger partial charge in [0.05, 0.1) is 23.4 Å². The number of rotatable bonds is 1. The summed E-state index contributed by atoms with van der Waals surface area (Å²) in [5.74, 6) is -1.06. The van der Waals surface area contributed by atoms with Crippen LogP contribution < -0.4 is 5.73 Å². The zero-order valence-corrected chi connectivity index (χ0v) is 13.7. The average Bonchev–Trinajstić information content (AvgIpc) is 2.87. The Kier molecular flexibility index (Phi) is 4.30. The number of allylic oxidation sites excluding steroid dienone is 4. The Labute approximate surface area is 146 Å². The highest BCUT2D eigenvalue weighted by molar-refractivity contribution is 5.58. The second kappa shape index (κ2) is 6.42. The Morgan fingerprint density at radius 2 is 1.76 bits per heavy atom. The topological polar surface area (TPSA) is 97.4 Å². The molecule has 0 fully saturated rings. The zero-order chi connectivity index (χ0) is 18.0. The molecule has 0 radical (unpaired) electrons. The maximum atomic E-state index is 13.4. The van der Waals surface area contributed by atoms with E-state index in [0.29, 0.717) is 5.56 Å².